The molecule has 0 saturated carbocycles. The fourth-order valence-electron chi connectivity index (χ4n) is 3.20. The van der Waals surface area contributed by atoms with Gasteiger partial charge in [0, 0.05) is 6.42 Å². The van der Waals surface area contributed by atoms with E-state index in [1.54, 1.807) is 43.3 Å². The van der Waals surface area contributed by atoms with Crippen molar-refractivity contribution in [2.45, 2.75) is 25.8 Å². The quantitative estimate of drug-likeness (QED) is 0.633. The smallest absolute Gasteiger partial charge is 0.338 e. The Morgan fingerprint density at radius 2 is 1.74 bits per heavy atom. The highest BCUT2D eigenvalue weighted by Gasteiger charge is 2.34. The number of rotatable bonds is 8. The Balaban J connectivity index is 1.74. The maximum Gasteiger partial charge on any atom is 0.338 e. The Labute approximate surface area is 179 Å². The van der Waals surface area contributed by atoms with E-state index >= 15 is 0 Å². The molecule has 1 aliphatic heterocycles. The van der Waals surface area contributed by atoms with E-state index in [9.17, 15) is 18.8 Å². The molecule has 0 aliphatic carbocycles. The van der Waals surface area contributed by atoms with Crippen LogP contribution >= 0.6 is 0 Å². The number of nitrogens with one attached hydrogen (secondary N) is 2. The zero-order valence-corrected chi connectivity index (χ0v) is 17.0. The minimum atomic E-state index is -0.734. The van der Waals surface area contributed by atoms with E-state index in [2.05, 4.69) is 10.6 Å². The molecule has 0 fully saturated rings. The van der Waals surface area contributed by atoms with E-state index in [0.29, 0.717) is 12.0 Å². The van der Waals surface area contributed by atoms with Gasteiger partial charge in [-0.15, -0.1) is 0 Å². The molecule has 2 amide bonds. The van der Waals surface area contributed by atoms with Crippen molar-refractivity contribution in [1.29, 1.82) is 0 Å². The maximum absolute atomic E-state index is 13.0. The second-order valence-electron chi connectivity index (χ2n) is 6.84. The number of benzene rings is 2. The number of hydrogen-bond acceptors (Lipinski definition) is 5. The van der Waals surface area contributed by atoms with E-state index < -0.39 is 24.0 Å². The van der Waals surface area contributed by atoms with Gasteiger partial charge in [-0.05, 0) is 36.6 Å². The summed E-state index contributed by atoms with van der Waals surface area (Å²) in [5.41, 5.74) is 1.84. The van der Waals surface area contributed by atoms with Gasteiger partial charge in [-0.3, -0.25) is 4.79 Å². The van der Waals surface area contributed by atoms with Gasteiger partial charge < -0.3 is 20.1 Å². The SMILES string of the molecule is CCOC(=O)C1=C(COC(=O)CCc2ccc(F)cc2)NC(=O)NC1c1ccccc1. The lowest BCUT2D eigenvalue weighted by Crippen LogP contribution is -2.47. The van der Waals surface area contributed by atoms with Crippen LogP contribution in [-0.4, -0.2) is 31.2 Å². The Hall–Kier alpha value is -3.68. The van der Waals surface area contributed by atoms with Gasteiger partial charge in [-0.1, -0.05) is 42.5 Å². The molecule has 3 rings (SSSR count). The molecule has 0 spiro atoms. The summed E-state index contributed by atoms with van der Waals surface area (Å²) in [4.78, 5) is 37.0. The van der Waals surface area contributed by atoms with Crippen LogP contribution in [0, 0.1) is 5.82 Å². The van der Waals surface area contributed by atoms with Crippen molar-refractivity contribution in [1.82, 2.24) is 10.6 Å². The van der Waals surface area contributed by atoms with Crippen LogP contribution in [-0.2, 0) is 25.5 Å². The van der Waals surface area contributed by atoms with E-state index in [1.165, 1.54) is 12.1 Å². The second-order valence-corrected chi connectivity index (χ2v) is 6.84. The molecule has 1 aliphatic rings. The highest BCUT2D eigenvalue weighted by atomic mass is 19.1. The summed E-state index contributed by atoms with van der Waals surface area (Å²) in [5, 5.41) is 5.26. The van der Waals surface area contributed by atoms with Gasteiger partial charge in [-0.2, -0.15) is 0 Å². The average molecular weight is 426 g/mol. The van der Waals surface area contributed by atoms with Crippen molar-refractivity contribution in [3.8, 4) is 0 Å². The average Bonchev–Trinajstić information content (AvgIpc) is 2.77. The van der Waals surface area contributed by atoms with Crippen LogP contribution in [0.1, 0.15) is 30.5 Å². The molecule has 1 atom stereocenters. The molecule has 31 heavy (non-hydrogen) atoms. The molecule has 0 bridgehead atoms. The van der Waals surface area contributed by atoms with Crippen LogP contribution in [0.2, 0.25) is 0 Å². The first kappa shape index (κ1) is 22.0. The van der Waals surface area contributed by atoms with Crippen LogP contribution in [0.15, 0.2) is 65.9 Å². The van der Waals surface area contributed by atoms with Gasteiger partial charge in [0.1, 0.15) is 12.4 Å². The highest BCUT2D eigenvalue weighted by Crippen LogP contribution is 2.27. The number of amides is 2. The summed E-state index contributed by atoms with van der Waals surface area (Å²) >= 11 is 0. The summed E-state index contributed by atoms with van der Waals surface area (Å²) in [6.07, 6.45) is 0.450. The molecule has 0 aromatic heterocycles. The molecule has 2 aromatic rings. The van der Waals surface area contributed by atoms with Crippen LogP contribution < -0.4 is 10.6 Å². The third-order valence-electron chi connectivity index (χ3n) is 4.69. The Bertz CT molecular complexity index is 973. The number of ether oxygens (including phenoxy) is 2. The topological polar surface area (TPSA) is 93.7 Å². The molecule has 2 aromatic carbocycles. The van der Waals surface area contributed by atoms with E-state index in [4.69, 9.17) is 9.47 Å². The third-order valence-corrected chi connectivity index (χ3v) is 4.69. The molecule has 0 saturated heterocycles. The summed E-state index contributed by atoms with van der Waals surface area (Å²) < 4.78 is 23.4. The first-order valence-electron chi connectivity index (χ1n) is 9.90. The van der Waals surface area contributed by atoms with Crippen molar-refractivity contribution in [3.05, 3.63) is 82.8 Å². The van der Waals surface area contributed by atoms with E-state index in [-0.39, 0.29) is 36.7 Å². The Morgan fingerprint density at radius 3 is 2.42 bits per heavy atom. The zero-order valence-electron chi connectivity index (χ0n) is 17.0. The number of urea groups is 1. The van der Waals surface area contributed by atoms with Gasteiger partial charge in [-0.25, -0.2) is 14.0 Å². The van der Waals surface area contributed by atoms with Gasteiger partial charge >= 0.3 is 18.0 Å². The zero-order chi connectivity index (χ0) is 22.2. The lowest BCUT2D eigenvalue weighted by atomic mass is 9.95. The number of halogens is 1. The summed E-state index contributed by atoms with van der Waals surface area (Å²) in [5.74, 6) is -1.47. The largest absolute Gasteiger partial charge is 0.463 e. The monoisotopic (exact) mass is 426 g/mol. The fourth-order valence-corrected chi connectivity index (χ4v) is 3.20. The second kappa shape index (κ2) is 10.4. The maximum atomic E-state index is 13.0. The van der Waals surface area contributed by atoms with Gasteiger partial charge in [0.2, 0.25) is 0 Å². The molecular formula is C23H23FN2O5. The molecular weight excluding hydrogens is 403 g/mol. The molecule has 162 valence electrons. The normalized spacial score (nSPS) is 15.7. The number of carbonyl (C=O) groups is 3. The predicted octanol–water partition coefficient (Wildman–Crippen LogP) is 3.17. The third kappa shape index (κ3) is 5.91. The predicted molar refractivity (Wildman–Crippen MR) is 110 cm³/mol. The number of carbonyl (C=O) groups excluding carboxylic acids is 3. The van der Waals surface area contributed by atoms with Crippen LogP contribution in [0.3, 0.4) is 0 Å². The van der Waals surface area contributed by atoms with E-state index in [1.807, 2.05) is 6.07 Å². The van der Waals surface area contributed by atoms with Gasteiger partial charge in [0.05, 0.1) is 23.9 Å². The molecule has 2 N–H and O–H groups in total. The fraction of sp³-hybridized carbons (Fsp3) is 0.261. The van der Waals surface area contributed by atoms with Gasteiger partial charge in [0.25, 0.3) is 0 Å². The Kier molecular flexibility index (Phi) is 7.37. The summed E-state index contributed by atoms with van der Waals surface area (Å²) in [6.45, 7) is 1.55. The number of esters is 2. The lowest BCUT2D eigenvalue weighted by Gasteiger charge is -2.29. The molecule has 1 unspecified atom stereocenters. The summed E-state index contributed by atoms with van der Waals surface area (Å²) in [7, 11) is 0. The van der Waals surface area contributed by atoms with Crippen molar-refractivity contribution < 1.29 is 28.2 Å². The standard InChI is InChI=1S/C23H23FN2O5/c1-2-30-22(28)20-18(25-23(29)26-21(20)16-6-4-3-5-7-16)14-31-19(27)13-10-15-8-11-17(24)12-9-15/h3-9,11-12,21H,2,10,13-14H2,1H3,(H2,25,26,29). The van der Waals surface area contributed by atoms with Crippen LogP contribution in [0.25, 0.3) is 0 Å². The molecule has 8 heteroatoms. The van der Waals surface area contributed by atoms with Crippen LogP contribution in [0.5, 0.6) is 0 Å². The lowest BCUT2D eigenvalue weighted by molar-refractivity contribution is -0.143. The minimum absolute atomic E-state index is 0.0714. The van der Waals surface area contributed by atoms with Gasteiger partial charge in [0.15, 0.2) is 0 Å². The van der Waals surface area contributed by atoms with Crippen LogP contribution in [0.4, 0.5) is 9.18 Å². The van der Waals surface area contributed by atoms with Crippen molar-refractivity contribution >= 4 is 18.0 Å². The summed E-state index contributed by atoms with van der Waals surface area (Å²) in [6, 6.07) is 13.6. The number of aryl methyl sites for hydroxylation is 1. The first-order chi connectivity index (χ1) is 15.0. The Morgan fingerprint density at radius 1 is 1.03 bits per heavy atom. The number of hydrogen-bond donors (Lipinski definition) is 2. The molecule has 7 nitrogen and oxygen atoms in total. The van der Waals surface area contributed by atoms with Crippen molar-refractivity contribution in [2.75, 3.05) is 13.2 Å². The van der Waals surface area contributed by atoms with E-state index in [0.717, 1.165) is 5.56 Å². The van der Waals surface area contributed by atoms with Crippen molar-refractivity contribution in [2.24, 2.45) is 0 Å². The highest BCUT2D eigenvalue weighted by molar-refractivity contribution is 5.95. The molecule has 0 radical (unpaired) electrons. The molecule has 1 heterocycles. The first-order valence-corrected chi connectivity index (χ1v) is 9.90. The van der Waals surface area contributed by atoms with Crippen molar-refractivity contribution in [3.63, 3.8) is 0 Å². The minimum Gasteiger partial charge on any atom is -0.463 e.